The fourth-order valence-corrected chi connectivity index (χ4v) is 3.16. The van der Waals surface area contributed by atoms with Gasteiger partial charge in [0.2, 0.25) is 0 Å². The van der Waals surface area contributed by atoms with Gasteiger partial charge in [-0.15, -0.1) is 0 Å². The first-order valence-electron chi connectivity index (χ1n) is 8.32. The predicted octanol–water partition coefficient (Wildman–Crippen LogP) is 5.30. The number of carbonyl (C=O) groups is 1. The Labute approximate surface area is 160 Å². The summed E-state index contributed by atoms with van der Waals surface area (Å²) in [6, 6.07) is 13.9. The van der Waals surface area contributed by atoms with E-state index in [0.717, 1.165) is 11.1 Å². The van der Waals surface area contributed by atoms with Gasteiger partial charge in [-0.1, -0.05) is 29.8 Å². The van der Waals surface area contributed by atoms with E-state index in [0.29, 0.717) is 21.6 Å². The Morgan fingerprint density at radius 2 is 1.89 bits per heavy atom. The van der Waals surface area contributed by atoms with E-state index in [1.807, 2.05) is 18.2 Å². The van der Waals surface area contributed by atoms with Crippen LogP contribution in [-0.4, -0.2) is 22.8 Å². The fraction of sp³-hybridized carbons (Fsp3) is 0.0476. The summed E-state index contributed by atoms with van der Waals surface area (Å²) in [5.74, 6) is -0.966. The van der Waals surface area contributed by atoms with Gasteiger partial charge in [0.25, 0.3) is 0 Å². The van der Waals surface area contributed by atoms with Crippen molar-refractivity contribution in [3.8, 4) is 11.1 Å². The minimum Gasteiger partial charge on any atom is -0.386 e. The van der Waals surface area contributed by atoms with Crippen molar-refractivity contribution in [1.29, 1.82) is 0 Å². The minimum absolute atomic E-state index is 0.0136. The highest BCUT2D eigenvalue weighted by Gasteiger charge is 2.20. The van der Waals surface area contributed by atoms with E-state index in [-0.39, 0.29) is 11.3 Å². The van der Waals surface area contributed by atoms with Crippen LogP contribution >= 0.6 is 11.6 Å². The zero-order valence-corrected chi connectivity index (χ0v) is 15.1. The van der Waals surface area contributed by atoms with Crippen LogP contribution in [0.5, 0.6) is 0 Å². The molecule has 4 rings (SSSR count). The first kappa shape index (κ1) is 17.2. The summed E-state index contributed by atoms with van der Waals surface area (Å²) in [7, 11) is 1.61. The maximum absolute atomic E-state index is 14.6. The molecule has 2 aromatic heterocycles. The van der Waals surface area contributed by atoms with Crippen molar-refractivity contribution in [2.75, 3.05) is 12.4 Å². The Kier molecular flexibility index (Phi) is 4.38. The van der Waals surface area contributed by atoms with Gasteiger partial charge in [0.15, 0.2) is 11.6 Å². The van der Waals surface area contributed by atoms with Crippen LogP contribution in [0.2, 0.25) is 5.02 Å². The second-order valence-electron chi connectivity index (χ2n) is 6.08. The molecule has 27 heavy (non-hydrogen) atoms. The van der Waals surface area contributed by atoms with Gasteiger partial charge in [-0.2, -0.15) is 0 Å². The normalized spacial score (nSPS) is 10.9. The minimum atomic E-state index is -0.568. The monoisotopic (exact) mass is 379 g/mol. The molecule has 2 heterocycles. The zero-order valence-electron chi connectivity index (χ0n) is 14.4. The summed E-state index contributed by atoms with van der Waals surface area (Å²) in [6.45, 7) is 0. The van der Waals surface area contributed by atoms with E-state index >= 15 is 0 Å². The van der Waals surface area contributed by atoms with Crippen LogP contribution in [-0.2, 0) is 0 Å². The number of anilines is 1. The molecule has 0 bridgehead atoms. The highest BCUT2D eigenvalue weighted by Crippen LogP contribution is 2.28. The summed E-state index contributed by atoms with van der Waals surface area (Å²) < 4.78 is 14.6. The second-order valence-corrected chi connectivity index (χ2v) is 6.51. The molecule has 134 valence electrons. The molecule has 0 unspecified atom stereocenters. The molecule has 0 aliphatic rings. The van der Waals surface area contributed by atoms with Crippen LogP contribution in [0.3, 0.4) is 0 Å². The molecule has 0 atom stereocenters. The zero-order chi connectivity index (χ0) is 19.0. The Balaban J connectivity index is 1.82. The van der Waals surface area contributed by atoms with Gasteiger partial charge >= 0.3 is 0 Å². The molecule has 6 heteroatoms. The number of aromatic amines is 1. The lowest BCUT2D eigenvalue weighted by atomic mass is 10.0. The maximum atomic E-state index is 14.6. The van der Waals surface area contributed by atoms with E-state index in [2.05, 4.69) is 15.3 Å². The number of pyridine rings is 1. The molecule has 0 aliphatic heterocycles. The van der Waals surface area contributed by atoms with Crippen LogP contribution in [0.15, 0.2) is 60.9 Å². The van der Waals surface area contributed by atoms with Gasteiger partial charge in [0.1, 0.15) is 5.65 Å². The Bertz CT molecular complexity index is 1150. The van der Waals surface area contributed by atoms with Gasteiger partial charge in [-0.25, -0.2) is 9.37 Å². The number of hydrogen-bond donors (Lipinski definition) is 2. The van der Waals surface area contributed by atoms with Gasteiger partial charge in [0.05, 0.1) is 11.3 Å². The molecule has 4 nitrogen and oxygen atoms in total. The third kappa shape index (κ3) is 3.06. The number of hydrogen-bond acceptors (Lipinski definition) is 3. The highest BCUT2D eigenvalue weighted by molar-refractivity contribution is 6.30. The lowest BCUT2D eigenvalue weighted by Crippen LogP contribution is -2.06. The summed E-state index contributed by atoms with van der Waals surface area (Å²) in [6.07, 6.45) is 3.29. The number of halogens is 2. The summed E-state index contributed by atoms with van der Waals surface area (Å²) in [4.78, 5) is 20.3. The van der Waals surface area contributed by atoms with Gasteiger partial charge in [-0.05, 0) is 35.9 Å². The molecule has 0 spiro atoms. The number of fused-ring (bicyclic) bond motifs is 1. The SMILES string of the molecule is CNc1cccc(C(=O)c2c[nH]c3ncc(-c4ccc(Cl)cc4)cc23)c1F. The smallest absolute Gasteiger partial charge is 0.198 e. The van der Waals surface area contributed by atoms with Crippen molar-refractivity contribution < 1.29 is 9.18 Å². The van der Waals surface area contributed by atoms with Crippen molar-refractivity contribution in [2.45, 2.75) is 0 Å². The van der Waals surface area contributed by atoms with Crippen molar-refractivity contribution in [3.05, 3.63) is 82.9 Å². The average Bonchev–Trinajstić information content (AvgIpc) is 3.11. The Hall–Kier alpha value is -3.18. The first-order valence-corrected chi connectivity index (χ1v) is 8.70. The predicted molar refractivity (Wildman–Crippen MR) is 106 cm³/mol. The number of nitrogens with one attached hydrogen (secondary N) is 2. The van der Waals surface area contributed by atoms with Crippen molar-refractivity contribution >= 4 is 34.1 Å². The molecule has 0 saturated heterocycles. The molecule has 0 aliphatic carbocycles. The summed E-state index contributed by atoms with van der Waals surface area (Å²) >= 11 is 5.94. The van der Waals surface area contributed by atoms with Crippen molar-refractivity contribution in [2.24, 2.45) is 0 Å². The average molecular weight is 380 g/mol. The molecular weight excluding hydrogens is 365 g/mol. The Morgan fingerprint density at radius 3 is 2.63 bits per heavy atom. The van der Waals surface area contributed by atoms with Gasteiger partial charge in [-0.3, -0.25) is 4.79 Å². The number of aromatic nitrogens is 2. The lowest BCUT2D eigenvalue weighted by molar-refractivity contribution is 0.103. The van der Waals surface area contributed by atoms with E-state index in [4.69, 9.17) is 11.6 Å². The number of ketones is 1. The molecule has 4 aromatic rings. The van der Waals surface area contributed by atoms with Crippen LogP contribution in [0.4, 0.5) is 10.1 Å². The van der Waals surface area contributed by atoms with Gasteiger partial charge in [0, 0.05) is 41.0 Å². The largest absolute Gasteiger partial charge is 0.386 e. The van der Waals surface area contributed by atoms with Crippen LogP contribution in [0.25, 0.3) is 22.2 Å². The van der Waals surface area contributed by atoms with Crippen LogP contribution in [0, 0.1) is 5.82 Å². The molecule has 2 aromatic carbocycles. The standard InChI is InChI=1S/C21H15ClFN3O/c1-24-18-4-2-3-15(19(18)23)20(27)17-11-26-21-16(17)9-13(10-25-21)12-5-7-14(22)8-6-12/h2-11,24H,1H3,(H,25,26). The summed E-state index contributed by atoms with van der Waals surface area (Å²) in [5, 5.41) is 4.03. The van der Waals surface area contributed by atoms with E-state index in [9.17, 15) is 9.18 Å². The maximum Gasteiger partial charge on any atom is 0.198 e. The number of rotatable bonds is 4. The van der Waals surface area contributed by atoms with Crippen LogP contribution < -0.4 is 5.32 Å². The molecule has 0 saturated carbocycles. The molecule has 2 N–H and O–H groups in total. The van der Waals surface area contributed by atoms with E-state index in [1.165, 1.54) is 6.07 Å². The number of benzene rings is 2. The van der Waals surface area contributed by atoms with Crippen molar-refractivity contribution in [1.82, 2.24) is 9.97 Å². The van der Waals surface area contributed by atoms with Crippen LogP contribution in [0.1, 0.15) is 15.9 Å². The topological polar surface area (TPSA) is 57.8 Å². The molecule has 0 radical (unpaired) electrons. The number of carbonyl (C=O) groups excluding carboxylic acids is 1. The molecule has 0 fully saturated rings. The fourth-order valence-electron chi connectivity index (χ4n) is 3.04. The quantitative estimate of drug-likeness (QED) is 0.473. The Morgan fingerprint density at radius 1 is 1.11 bits per heavy atom. The number of nitrogens with zero attached hydrogens (tertiary/aromatic N) is 1. The highest BCUT2D eigenvalue weighted by atomic mass is 35.5. The third-order valence-electron chi connectivity index (χ3n) is 4.47. The first-order chi connectivity index (χ1) is 13.1. The van der Waals surface area contributed by atoms with Gasteiger partial charge < -0.3 is 10.3 Å². The third-order valence-corrected chi connectivity index (χ3v) is 4.72. The second kappa shape index (κ2) is 6.85. The lowest BCUT2D eigenvalue weighted by Gasteiger charge is -2.07. The van der Waals surface area contributed by atoms with E-state index in [1.54, 1.807) is 43.7 Å². The molecular formula is C21H15ClFN3O. The molecule has 0 amide bonds. The summed E-state index contributed by atoms with van der Waals surface area (Å²) in [5.41, 5.74) is 3.01. The van der Waals surface area contributed by atoms with E-state index < -0.39 is 11.6 Å². The van der Waals surface area contributed by atoms with Crippen molar-refractivity contribution in [3.63, 3.8) is 0 Å². The number of H-pyrrole nitrogens is 1.